The molecule has 0 radical (unpaired) electrons. The van der Waals surface area contributed by atoms with Gasteiger partial charge in [0.1, 0.15) is 18.2 Å². The fourth-order valence-electron chi connectivity index (χ4n) is 4.32. The molecule has 2 atom stereocenters. The highest BCUT2D eigenvalue weighted by Gasteiger charge is 2.41. The number of thiophene rings is 2. The van der Waals surface area contributed by atoms with Crippen LogP contribution < -0.4 is 4.74 Å². The van der Waals surface area contributed by atoms with Crippen molar-refractivity contribution in [2.24, 2.45) is 0 Å². The van der Waals surface area contributed by atoms with Crippen LogP contribution in [-0.2, 0) is 11.4 Å². The second kappa shape index (κ2) is 10.0. The van der Waals surface area contributed by atoms with Crippen LogP contribution in [0.5, 0.6) is 5.88 Å². The third-order valence-electron chi connectivity index (χ3n) is 6.06. The van der Waals surface area contributed by atoms with Gasteiger partial charge in [0.15, 0.2) is 0 Å². The van der Waals surface area contributed by atoms with Crippen molar-refractivity contribution in [3.8, 4) is 11.9 Å². The molecule has 3 aromatic heterocycles. The van der Waals surface area contributed by atoms with Crippen LogP contribution in [0.4, 0.5) is 4.79 Å². The minimum atomic E-state index is -0.607. The lowest BCUT2D eigenvalue weighted by Crippen LogP contribution is -2.43. The van der Waals surface area contributed by atoms with Crippen LogP contribution in [0.3, 0.4) is 0 Å². The Morgan fingerprint density at radius 3 is 2.78 bits per heavy atom. The number of halogens is 1. The number of nitrogens with zero attached hydrogens (tertiary/aromatic N) is 5. The summed E-state index contributed by atoms with van der Waals surface area (Å²) in [5.74, 6) is -1.46. The van der Waals surface area contributed by atoms with Crippen LogP contribution in [-0.4, -0.2) is 68.3 Å². The number of aromatic nitrogens is 2. The van der Waals surface area contributed by atoms with E-state index in [4.69, 9.17) is 16.3 Å². The third kappa shape index (κ3) is 4.62. The number of aliphatic hydroxyl groups excluding tert-OH is 1. The summed E-state index contributed by atoms with van der Waals surface area (Å²) in [6, 6.07) is 8.50. The SMILES string of the molecule is N#Cc1c(C2CC(=O)N(C(=O)N3CCC(O)C3)C2)nn(C(=O)c2cccs2)c1OCc1ccc(Cl)s1. The van der Waals surface area contributed by atoms with E-state index >= 15 is 0 Å². The van der Waals surface area contributed by atoms with Gasteiger partial charge in [-0.15, -0.1) is 22.7 Å². The molecule has 1 N–H and O–H groups in total. The van der Waals surface area contributed by atoms with Crippen molar-refractivity contribution in [1.29, 1.82) is 5.26 Å². The van der Waals surface area contributed by atoms with E-state index in [1.165, 1.54) is 27.6 Å². The number of carbonyl (C=O) groups excluding carboxylic acids is 3. The van der Waals surface area contributed by atoms with Crippen molar-refractivity contribution in [2.45, 2.75) is 31.5 Å². The van der Waals surface area contributed by atoms with Crippen LogP contribution in [0.2, 0.25) is 4.34 Å². The first-order valence-electron chi connectivity index (χ1n) is 11.1. The summed E-state index contributed by atoms with van der Waals surface area (Å²) >= 11 is 8.55. The van der Waals surface area contributed by atoms with Gasteiger partial charge in [-0.25, -0.2) is 4.79 Å². The van der Waals surface area contributed by atoms with Crippen molar-refractivity contribution >= 4 is 52.1 Å². The molecule has 36 heavy (non-hydrogen) atoms. The Morgan fingerprint density at radius 2 is 2.14 bits per heavy atom. The molecule has 5 heterocycles. The Labute approximate surface area is 218 Å². The molecule has 2 saturated heterocycles. The van der Waals surface area contributed by atoms with Crippen LogP contribution in [0.25, 0.3) is 0 Å². The number of urea groups is 1. The number of rotatable bonds is 5. The monoisotopic (exact) mass is 545 g/mol. The van der Waals surface area contributed by atoms with Crippen LogP contribution in [0.1, 0.15) is 44.6 Å². The van der Waals surface area contributed by atoms with E-state index in [9.17, 15) is 24.8 Å². The fourth-order valence-corrected chi connectivity index (χ4v) is 5.96. The van der Waals surface area contributed by atoms with Gasteiger partial charge in [0, 0.05) is 36.9 Å². The molecule has 2 unspecified atom stereocenters. The van der Waals surface area contributed by atoms with Crippen molar-refractivity contribution in [3.63, 3.8) is 0 Å². The maximum atomic E-state index is 13.2. The molecule has 0 spiro atoms. The first kappa shape index (κ1) is 24.5. The van der Waals surface area contributed by atoms with Gasteiger partial charge in [-0.2, -0.15) is 15.0 Å². The van der Waals surface area contributed by atoms with Crippen molar-refractivity contribution in [1.82, 2.24) is 19.6 Å². The van der Waals surface area contributed by atoms with Crippen molar-refractivity contribution in [3.05, 3.63) is 55.0 Å². The van der Waals surface area contributed by atoms with Gasteiger partial charge in [-0.05, 0) is 30.0 Å². The van der Waals surface area contributed by atoms with E-state index in [1.807, 2.05) is 0 Å². The Hall–Kier alpha value is -3.24. The lowest BCUT2D eigenvalue weighted by Gasteiger charge is -2.22. The van der Waals surface area contributed by atoms with Gasteiger partial charge >= 0.3 is 6.03 Å². The zero-order chi connectivity index (χ0) is 25.4. The number of aliphatic hydroxyl groups is 1. The van der Waals surface area contributed by atoms with Gasteiger partial charge in [0.25, 0.3) is 5.91 Å². The highest BCUT2D eigenvalue weighted by atomic mass is 35.5. The van der Waals surface area contributed by atoms with Crippen LogP contribution in [0.15, 0.2) is 29.6 Å². The molecular weight excluding hydrogens is 526 g/mol. The highest BCUT2D eigenvalue weighted by Crippen LogP contribution is 2.36. The molecular formula is C23H20ClN5O5S2. The van der Waals surface area contributed by atoms with Crippen molar-refractivity contribution < 1.29 is 24.2 Å². The molecule has 3 amide bonds. The highest BCUT2D eigenvalue weighted by molar-refractivity contribution is 7.16. The second-order valence-electron chi connectivity index (χ2n) is 8.44. The first-order chi connectivity index (χ1) is 17.4. The lowest BCUT2D eigenvalue weighted by molar-refractivity contribution is -0.125. The number of hydrogen-bond donors (Lipinski definition) is 1. The number of carbonyl (C=O) groups is 3. The topological polar surface area (TPSA) is 129 Å². The maximum absolute atomic E-state index is 13.2. The van der Waals surface area contributed by atoms with Gasteiger partial charge in [-0.3, -0.25) is 14.5 Å². The predicted molar refractivity (Wildman–Crippen MR) is 131 cm³/mol. The van der Waals surface area contributed by atoms with Gasteiger partial charge in [-0.1, -0.05) is 17.7 Å². The fraction of sp³-hybridized carbons (Fsp3) is 0.348. The number of β-amino-alcohol motifs (C(OH)–C–C–N with tert-alkyl or cyclic N) is 1. The minimum absolute atomic E-state index is 0.0170. The quantitative estimate of drug-likeness (QED) is 0.520. The number of imide groups is 1. The summed E-state index contributed by atoms with van der Waals surface area (Å²) in [4.78, 5) is 42.6. The molecule has 0 bridgehead atoms. The molecule has 3 aromatic rings. The van der Waals surface area contributed by atoms with E-state index in [2.05, 4.69) is 11.2 Å². The molecule has 0 saturated carbocycles. The Kier molecular flexibility index (Phi) is 6.81. The second-order valence-corrected chi connectivity index (χ2v) is 11.2. The molecule has 186 valence electrons. The Balaban J connectivity index is 1.46. The van der Waals surface area contributed by atoms with E-state index in [0.29, 0.717) is 22.2 Å². The molecule has 0 aliphatic carbocycles. The Morgan fingerprint density at radius 1 is 1.31 bits per heavy atom. The average Bonchev–Trinajstić information content (AvgIpc) is 3.67. The molecule has 2 aliphatic heterocycles. The normalized spacial score (nSPS) is 19.6. The molecule has 10 nitrogen and oxygen atoms in total. The summed E-state index contributed by atoms with van der Waals surface area (Å²) in [6.45, 7) is 0.626. The minimum Gasteiger partial charge on any atom is -0.471 e. The zero-order valence-electron chi connectivity index (χ0n) is 18.8. The lowest BCUT2D eigenvalue weighted by atomic mass is 10.0. The number of ether oxygens (including phenoxy) is 1. The molecule has 5 rings (SSSR count). The summed E-state index contributed by atoms with van der Waals surface area (Å²) in [5, 5.41) is 26.0. The maximum Gasteiger partial charge on any atom is 0.326 e. The van der Waals surface area contributed by atoms with E-state index in [1.54, 1.807) is 29.6 Å². The van der Waals surface area contributed by atoms with Crippen LogP contribution >= 0.6 is 34.3 Å². The summed E-state index contributed by atoms with van der Waals surface area (Å²) in [7, 11) is 0. The summed E-state index contributed by atoms with van der Waals surface area (Å²) in [5.41, 5.74) is 0.276. The van der Waals surface area contributed by atoms with Crippen LogP contribution in [0, 0.1) is 11.3 Å². The summed E-state index contributed by atoms with van der Waals surface area (Å²) in [6.07, 6.45) is -0.188. The molecule has 13 heteroatoms. The number of amides is 3. The number of likely N-dealkylation sites (tertiary alicyclic amines) is 2. The van der Waals surface area contributed by atoms with E-state index in [-0.39, 0.29) is 43.3 Å². The van der Waals surface area contributed by atoms with Crippen molar-refractivity contribution in [2.75, 3.05) is 19.6 Å². The smallest absolute Gasteiger partial charge is 0.326 e. The van der Waals surface area contributed by atoms with Gasteiger partial charge in [0.05, 0.1) is 21.0 Å². The molecule has 2 aliphatic rings. The van der Waals surface area contributed by atoms with E-state index < -0.39 is 29.9 Å². The standard InChI is InChI=1S/C23H20ClN5O5S2/c24-18-4-3-15(36-18)12-34-22-16(9-25)20(26-29(22)21(32)17-2-1-7-35-17)13-8-19(31)28(10-13)23(33)27-6-5-14(30)11-27/h1-4,7,13-14,30H,5-6,8,10-12H2. The first-order valence-corrected chi connectivity index (χ1v) is 13.2. The largest absolute Gasteiger partial charge is 0.471 e. The van der Waals surface area contributed by atoms with Gasteiger partial charge < -0.3 is 14.7 Å². The predicted octanol–water partition coefficient (Wildman–Crippen LogP) is 3.30. The number of hydrogen-bond acceptors (Lipinski definition) is 9. The average molecular weight is 546 g/mol. The van der Waals surface area contributed by atoms with E-state index in [0.717, 1.165) is 14.5 Å². The number of nitriles is 1. The summed E-state index contributed by atoms with van der Waals surface area (Å²) < 4.78 is 7.56. The third-order valence-corrected chi connectivity index (χ3v) is 8.13. The Bertz CT molecular complexity index is 1360. The van der Waals surface area contributed by atoms with Gasteiger partial charge in [0.2, 0.25) is 11.8 Å². The zero-order valence-corrected chi connectivity index (χ0v) is 21.2. The molecule has 2 fully saturated rings. The molecule has 0 aromatic carbocycles.